The van der Waals surface area contributed by atoms with Crippen LogP contribution in [0.4, 0.5) is 0 Å². The first kappa shape index (κ1) is 18.5. The van der Waals surface area contributed by atoms with Crippen molar-refractivity contribution in [3.63, 3.8) is 0 Å². The SMILES string of the molecule is CN=C(NCCc1ccc(S(C)(=O)=O)cc1)NC(C)c1cccs1. The van der Waals surface area contributed by atoms with E-state index in [9.17, 15) is 8.42 Å². The summed E-state index contributed by atoms with van der Waals surface area (Å²) in [7, 11) is -1.39. The Balaban J connectivity index is 1.84. The average Bonchev–Trinajstić information content (AvgIpc) is 3.08. The number of aliphatic imine (C=N–C) groups is 1. The van der Waals surface area contributed by atoms with Gasteiger partial charge < -0.3 is 10.6 Å². The number of hydrogen-bond donors (Lipinski definition) is 2. The van der Waals surface area contributed by atoms with Gasteiger partial charge in [0.1, 0.15) is 0 Å². The maximum Gasteiger partial charge on any atom is 0.191 e. The molecule has 0 saturated carbocycles. The zero-order valence-corrected chi connectivity index (χ0v) is 15.7. The second-order valence-corrected chi connectivity index (χ2v) is 8.54. The van der Waals surface area contributed by atoms with Gasteiger partial charge in [-0.2, -0.15) is 0 Å². The molecule has 0 bridgehead atoms. The van der Waals surface area contributed by atoms with Gasteiger partial charge in [0, 0.05) is 24.7 Å². The number of rotatable bonds is 6. The van der Waals surface area contributed by atoms with Crippen molar-refractivity contribution >= 4 is 27.1 Å². The van der Waals surface area contributed by atoms with E-state index in [0.29, 0.717) is 4.90 Å². The fraction of sp³-hybridized carbons (Fsp3) is 0.353. The summed E-state index contributed by atoms with van der Waals surface area (Å²) in [5, 5.41) is 8.69. The first-order chi connectivity index (χ1) is 11.4. The highest BCUT2D eigenvalue weighted by Crippen LogP contribution is 2.17. The van der Waals surface area contributed by atoms with Gasteiger partial charge in [-0.3, -0.25) is 4.99 Å². The molecule has 0 radical (unpaired) electrons. The Morgan fingerprint density at radius 2 is 1.96 bits per heavy atom. The fourth-order valence-electron chi connectivity index (χ4n) is 2.24. The van der Waals surface area contributed by atoms with Crippen molar-refractivity contribution in [2.75, 3.05) is 19.8 Å². The first-order valence-electron chi connectivity index (χ1n) is 7.69. The van der Waals surface area contributed by atoms with Gasteiger partial charge in [-0.15, -0.1) is 11.3 Å². The van der Waals surface area contributed by atoms with Crippen LogP contribution in [0.25, 0.3) is 0 Å². The molecule has 130 valence electrons. The molecular weight excluding hydrogens is 342 g/mol. The number of benzene rings is 1. The Kier molecular flexibility index (Phi) is 6.39. The number of sulfone groups is 1. The summed E-state index contributed by atoms with van der Waals surface area (Å²) in [4.78, 5) is 5.84. The molecule has 2 aromatic rings. The Bertz CT molecular complexity index is 767. The predicted molar refractivity (Wildman–Crippen MR) is 100 cm³/mol. The molecule has 2 rings (SSSR count). The molecule has 0 fully saturated rings. The highest BCUT2D eigenvalue weighted by atomic mass is 32.2. The summed E-state index contributed by atoms with van der Waals surface area (Å²) in [6, 6.07) is 11.3. The third-order valence-electron chi connectivity index (χ3n) is 3.60. The molecule has 0 spiro atoms. The number of thiophene rings is 1. The van der Waals surface area contributed by atoms with E-state index in [4.69, 9.17) is 0 Å². The smallest absolute Gasteiger partial charge is 0.191 e. The lowest BCUT2D eigenvalue weighted by atomic mass is 10.1. The largest absolute Gasteiger partial charge is 0.356 e. The molecule has 1 heterocycles. The molecule has 24 heavy (non-hydrogen) atoms. The van der Waals surface area contributed by atoms with Crippen molar-refractivity contribution < 1.29 is 8.42 Å². The second kappa shape index (κ2) is 8.30. The summed E-state index contributed by atoms with van der Waals surface area (Å²) >= 11 is 1.71. The number of nitrogens with zero attached hydrogens (tertiary/aromatic N) is 1. The van der Waals surface area contributed by atoms with Gasteiger partial charge in [-0.05, 0) is 42.5 Å². The third kappa shape index (κ3) is 5.35. The van der Waals surface area contributed by atoms with E-state index in [2.05, 4.69) is 34.0 Å². The number of guanidine groups is 1. The minimum absolute atomic E-state index is 0.199. The molecule has 2 N–H and O–H groups in total. The van der Waals surface area contributed by atoms with E-state index >= 15 is 0 Å². The highest BCUT2D eigenvalue weighted by Gasteiger charge is 2.09. The fourth-order valence-corrected chi connectivity index (χ4v) is 3.60. The summed E-state index contributed by atoms with van der Waals surface area (Å²) < 4.78 is 22.9. The zero-order chi connectivity index (χ0) is 17.6. The van der Waals surface area contributed by atoms with Crippen LogP contribution in [0, 0.1) is 0 Å². The Morgan fingerprint density at radius 1 is 1.25 bits per heavy atom. The topological polar surface area (TPSA) is 70.6 Å². The van der Waals surface area contributed by atoms with Gasteiger partial charge in [0.2, 0.25) is 0 Å². The molecule has 7 heteroatoms. The van der Waals surface area contributed by atoms with E-state index in [-0.39, 0.29) is 6.04 Å². The minimum Gasteiger partial charge on any atom is -0.356 e. The van der Waals surface area contributed by atoms with E-state index in [1.165, 1.54) is 11.1 Å². The van der Waals surface area contributed by atoms with Crippen LogP contribution in [0.1, 0.15) is 23.4 Å². The molecule has 0 aliphatic carbocycles. The van der Waals surface area contributed by atoms with Gasteiger partial charge in [0.05, 0.1) is 10.9 Å². The van der Waals surface area contributed by atoms with Crippen LogP contribution in [0.5, 0.6) is 0 Å². The van der Waals surface area contributed by atoms with Crippen molar-refractivity contribution in [3.05, 3.63) is 52.2 Å². The van der Waals surface area contributed by atoms with E-state index in [1.54, 1.807) is 30.5 Å². The monoisotopic (exact) mass is 365 g/mol. The van der Waals surface area contributed by atoms with E-state index in [0.717, 1.165) is 24.5 Å². The van der Waals surface area contributed by atoms with Crippen LogP contribution < -0.4 is 10.6 Å². The molecular formula is C17H23N3O2S2. The molecule has 0 aliphatic heterocycles. The molecule has 5 nitrogen and oxygen atoms in total. The van der Waals surface area contributed by atoms with Crippen LogP contribution in [-0.4, -0.2) is 34.2 Å². The Hall–Kier alpha value is -1.86. The molecule has 0 aliphatic rings. The quantitative estimate of drug-likeness (QED) is 0.610. The van der Waals surface area contributed by atoms with Crippen molar-refractivity contribution in [1.29, 1.82) is 0 Å². The summed E-state index contributed by atoms with van der Waals surface area (Å²) in [5.41, 5.74) is 1.08. The maximum atomic E-state index is 11.5. The second-order valence-electron chi connectivity index (χ2n) is 5.55. The van der Waals surface area contributed by atoms with Crippen LogP contribution >= 0.6 is 11.3 Å². The van der Waals surface area contributed by atoms with Crippen LogP contribution in [0.2, 0.25) is 0 Å². The highest BCUT2D eigenvalue weighted by molar-refractivity contribution is 7.90. The normalized spacial score (nSPS) is 13.5. The average molecular weight is 366 g/mol. The van der Waals surface area contributed by atoms with E-state index < -0.39 is 9.84 Å². The minimum atomic E-state index is -3.14. The Labute approximate surface area is 147 Å². The van der Waals surface area contributed by atoms with E-state index in [1.807, 2.05) is 18.2 Å². The van der Waals surface area contributed by atoms with Gasteiger partial charge in [0.25, 0.3) is 0 Å². The molecule has 1 aromatic carbocycles. The first-order valence-corrected chi connectivity index (χ1v) is 10.5. The van der Waals surface area contributed by atoms with Gasteiger partial charge in [0.15, 0.2) is 15.8 Å². The maximum absolute atomic E-state index is 11.5. The standard InChI is InChI=1S/C17H23N3O2S2/c1-13(16-5-4-12-23-16)20-17(18-2)19-11-10-14-6-8-15(9-7-14)24(3,21)22/h4-9,12-13H,10-11H2,1-3H3,(H2,18,19,20). The molecule has 1 unspecified atom stereocenters. The van der Waals surface area contributed by atoms with Crippen LogP contribution in [-0.2, 0) is 16.3 Å². The third-order valence-corrected chi connectivity index (χ3v) is 5.79. The lowest BCUT2D eigenvalue weighted by Gasteiger charge is -2.17. The predicted octanol–water partition coefficient (Wildman–Crippen LogP) is 2.62. The lowest BCUT2D eigenvalue weighted by molar-refractivity contribution is 0.602. The molecule has 1 atom stereocenters. The lowest BCUT2D eigenvalue weighted by Crippen LogP contribution is -2.39. The molecule has 0 amide bonds. The summed E-state index contributed by atoms with van der Waals surface area (Å²) in [5.74, 6) is 0.753. The Morgan fingerprint density at radius 3 is 2.50 bits per heavy atom. The van der Waals surface area contributed by atoms with Crippen molar-refractivity contribution in [2.24, 2.45) is 4.99 Å². The molecule has 1 aromatic heterocycles. The van der Waals surface area contributed by atoms with Crippen molar-refractivity contribution in [2.45, 2.75) is 24.3 Å². The van der Waals surface area contributed by atoms with Gasteiger partial charge >= 0.3 is 0 Å². The number of hydrogen-bond acceptors (Lipinski definition) is 4. The van der Waals surface area contributed by atoms with Crippen molar-refractivity contribution in [1.82, 2.24) is 10.6 Å². The zero-order valence-electron chi connectivity index (χ0n) is 14.1. The van der Waals surface area contributed by atoms with Gasteiger partial charge in [-0.25, -0.2) is 8.42 Å². The molecule has 0 saturated heterocycles. The van der Waals surface area contributed by atoms with Crippen molar-refractivity contribution in [3.8, 4) is 0 Å². The summed E-state index contributed by atoms with van der Waals surface area (Å²) in [6.07, 6.45) is 2.01. The van der Waals surface area contributed by atoms with Crippen LogP contribution in [0.15, 0.2) is 51.7 Å². The summed E-state index contributed by atoms with van der Waals surface area (Å²) in [6.45, 7) is 2.82. The van der Waals surface area contributed by atoms with Crippen LogP contribution in [0.3, 0.4) is 0 Å². The van der Waals surface area contributed by atoms with Gasteiger partial charge in [-0.1, -0.05) is 18.2 Å². The number of nitrogens with one attached hydrogen (secondary N) is 2.